The Kier molecular flexibility index (Phi) is 5.20. The summed E-state index contributed by atoms with van der Waals surface area (Å²) in [5, 5.41) is 32.6. The topological polar surface area (TPSA) is 119 Å². The first kappa shape index (κ1) is 19.2. The second-order valence-electron chi connectivity index (χ2n) is 6.26. The summed E-state index contributed by atoms with van der Waals surface area (Å²) in [6.45, 7) is -0.0461. The minimum Gasteiger partial charge on any atom is -0.872 e. The molecule has 0 saturated heterocycles. The van der Waals surface area contributed by atoms with Crippen LogP contribution in [0.1, 0.15) is 21.5 Å². The molecule has 0 aliphatic carbocycles. The molecule has 0 aliphatic heterocycles. The van der Waals surface area contributed by atoms with Crippen LogP contribution < -0.4 is 9.84 Å². The molecule has 148 valence electrons. The van der Waals surface area contributed by atoms with Crippen molar-refractivity contribution in [3.8, 4) is 39.4 Å². The molecule has 4 rings (SSSR count). The van der Waals surface area contributed by atoms with Crippen LogP contribution in [0.5, 0.6) is 11.6 Å². The molecule has 3 aromatic heterocycles. The molecular formula is C22H13N2O5S-. The molecule has 0 spiro atoms. The number of furan rings is 1. The van der Waals surface area contributed by atoms with Gasteiger partial charge in [-0.2, -0.15) is 5.26 Å². The number of nitrogens with zero attached hydrogens (tertiary/aromatic N) is 2. The third-order valence-electron chi connectivity index (χ3n) is 4.36. The van der Waals surface area contributed by atoms with Crippen LogP contribution in [0.15, 0.2) is 64.8 Å². The largest absolute Gasteiger partial charge is 0.872 e. The van der Waals surface area contributed by atoms with Gasteiger partial charge >= 0.3 is 5.97 Å². The Morgan fingerprint density at radius 2 is 2.17 bits per heavy atom. The lowest BCUT2D eigenvalue weighted by Crippen LogP contribution is -2.06. The Morgan fingerprint density at radius 3 is 2.80 bits per heavy atom. The number of thiophene rings is 1. The van der Waals surface area contributed by atoms with Gasteiger partial charge in [-0.25, -0.2) is 9.78 Å². The summed E-state index contributed by atoms with van der Waals surface area (Å²) in [7, 11) is 0. The van der Waals surface area contributed by atoms with Crippen LogP contribution >= 0.6 is 11.3 Å². The highest BCUT2D eigenvalue weighted by molar-refractivity contribution is 7.13. The number of carboxylic acid groups (broad SMARTS) is 1. The standard InChI is InChI=1S/C22H14N2O5S/c23-10-17-16(14-5-6-28-12-14)9-18(20-2-1-7-30-20)24-21(17)29-11-13-3-4-15(22(26)27)19(25)8-13/h1-9,12,25H,11H2,(H,26,27)/p-1. The third-order valence-corrected chi connectivity index (χ3v) is 5.25. The number of benzene rings is 1. The van der Waals surface area contributed by atoms with Gasteiger partial charge in [-0.1, -0.05) is 23.9 Å². The van der Waals surface area contributed by atoms with Crippen molar-refractivity contribution in [2.75, 3.05) is 0 Å². The van der Waals surface area contributed by atoms with Crippen molar-refractivity contribution < 1.29 is 24.2 Å². The maximum atomic E-state index is 11.9. The molecule has 4 aromatic rings. The van der Waals surface area contributed by atoms with E-state index in [1.165, 1.54) is 42.1 Å². The zero-order valence-corrected chi connectivity index (χ0v) is 16.2. The van der Waals surface area contributed by atoms with Gasteiger partial charge in [0, 0.05) is 11.1 Å². The summed E-state index contributed by atoms with van der Waals surface area (Å²) < 4.78 is 11.0. The average Bonchev–Trinajstić information content (AvgIpc) is 3.45. The maximum Gasteiger partial charge on any atom is 0.335 e. The molecule has 0 saturated carbocycles. The van der Waals surface area contributed by atoms with Gasteiger partial charge < -0.3 is 19.4 Å². The minimum atomic E-state index is -1.28. The van der Waals surface area contributed by atoms with E-state index in [0.29, 0.717) is 22.4 Å². The highest BCUT2D eigenvalue weighted by atomic mass is 32.1. The van der Waals surface area contributed by atoms with Crippen molar-refractivity contribution in [2.45, 2.75) is 6.61 Å². The van der Waals surface area contributed by atoms with Crippen molar-refractivity contribution in [3.05, 3.63) is 77.1 Å². The molecule has 0 radical (unpaired) electrons. The number of hydrogen-bond acceptors (Lipinski definition) is 7. The fourth-order valence-electron chi connectivity index (χ4n) is 2.91. The average molecular weight is 417 g/mol. The zero-order valence-electron chi connectivity index (χ0n) is 15.4. The first-order valence-corrected chi connectivity index (χ1v) is 9.62. The molecule has 0 bridgehead atoms. The molecular weight excluding hydrogens is 404 g/mol. The van der Waals surface area contributed by atoms with Crippen LogP contribution in [0.3, 0.4) is 0 Å². The number of carboxylic acids is 1. The van der Waals surface area contributed by atoms with E-state index in [4.69, 9.17) is 14.3 Å². The Balaban J connectivity index is 1.72. The van der Waals surface area contributed by atoms with Gasteiger partial charge in [0.15, 0.2) is 0 Å². The summed E-state index contributed by atoms with van der Waals surface area (Å²) >= 11 is 1.50. The molecule has 0 atom stereocenters. The highest BCUT2D eigenvalue weighted by Crippen LogP contribution is 2.35. The number of aromatic nitrogens is 1. The minimum absolute atomic E-state index is 0.0461. The lowest BCUT2D eigenvalue weighted by molar-refractivity contribution is -0.268. The van der Waals surface area contributed by atoms with E-state index in [0.717, 1.165) is 4.88 Å². The molecule has 3 heterocycles. The van der Waals surface area contributed by atoms with Crippen LogP contribution in [0.4, 0.5) is 0 Å². The lowest BCUT2D eigenvalue weighted by atomic mass is 10.0. The monoisotopic (exact) mass is 417 g/mol. The van der Waals surface area contributed by atoms with Gasteiger partial charge in [0.05, 0.1) is 28.7 Å². The van der Waals surface area contributed by atoms with Gasteiger partial charge in [0.1, 0.15) is 18.2 Å². The number of aromatic carboxylic acids is 1. The van der Waals surface area contributed by atoms with E-state index in [1.54, 1.807) is 12.1 Å². The van der Waals surface area contributed by atoms with E-state index in [9.17, 15) is 15.2 Å². The van der Waals surface area contributed by atoms with Crippen molar-refractivity contribution in [3.63, 3.8) is 0 Å². The second kappa shape index (κ2) is 8.11. The smallest absolute Gasteiger partial charge is 0.335 e. The van der Waals surface area contributed by atoms with Crippen LogP contribution in [0.25, 0.3) is 21.7 Å². The normalized spacial score (nSPS) is 10.5. The summed E-state index contributed by atoms with van der Waals surface area (Å²) in [5.41, 5.74) is 2.37. The Bertz CT molecular complexity index is 1240. The third kappa shape index (κ3) is 3.74. The molecule has 1 N–H and O–H groups in total. The predicted octanol–water partition coefficient (Wildman–Crippen LogP) is 4.29. The summed E-state index contributed by atoms with van der Waals surface area (Å²) in [6.07, 6.45) is 3.05. The Hall–Kier alpha value is -4.09. The van der Waals surface area contributed by atoms with E-state index >= 15 is 0 Å². The number of carbonyl (C=O) groups is 1. The van der Waals surface area contributed by atoms with E-state index < -0.39 is 11.7 Å². The number of rotatable bonds is 6. The van der Waals surface area contributed by atoms with E-state index in [2.05, 4.69) is 11.1 Å². The molecule has 7 nitrogen and oxygen atoms in total. The molecule has 1 aromatic carbocycles. The van der Waals surface area contributed by atoms with Crippen LogP contribution in [-0.4, -0.2) is 16.1 Å². The summed E-state index contributed by atoms with van der Waals surface area (Å²) in [5.74, 6) is -1.77. The number of hydrogen-bond donors (Lipinski definition) is 1. The number of pyridine rings is 1. The SMILES string of the molecule is N#Cc1c(-c2ccoc2)cc(-c2cccs2)nc1OCc1ccc(C(=O)O)c([O-])c1. The fourth-order valence-corrected chi connectivity index (χ4v) is 3.60. The van der Waals surface area contributed by atoms with Crippen molar-refractivity contribution in [2.24, 2.45) is 0 Å². The first-order valence-electron chi connectivity index (χ1n) is 8.74. The predicted molar refractivity (Wildman–Crippen MR) is 107 cm³/mol. The van der Waals surface area contributed by atoms with Gasteiger partial charge in [-0.05, 0) is 35.2 Å². The fraction of sp³-hybridized carbons (Fsp3) is 0.0455. The molecule has 0 aliphatic rings. The Labute approximate surface area is 175 Å². The first-order chi connectivity index (χ1) is 14.6. The Morgan fingerprint density at radius 1 is 1.30 bits per heavy atom. The number of ether oxygens (including phenoxy) is 1. The zero-order chi connectivity index (χ0) is 21.1. The van der Waals surface area contributed by atoms with E-state index in [1.807, 2.05) is 17.5 Å². The van der Waals surface area contributed by atoms with Gasteiger partial charge in [0.2, 0.25) is 5.88 Å². The van der Waals surface area contributed by atoms with Crippen LogP contribution in [0.2, 0.25) is 0 Å². The van der Waals surface area contributed by atoms with E-state index in [-0.39, 0.29) is 23.6 Å². The molecule has 0 amide bonds. The maximum absolute atomic E-state index is 11.9. The van der Waals surface area contributed by atoms with Crippen LogP contribution in [-0.2, 0) is 6.61 Å². The number of nitriles is 1. The molecule has 8 heteroatoms. The van der Waals surface area contributed by atoms with Crippen LogP contribution in [0, 0.1) is 11.3 Å². The summed E-state index contributed by atoms with van der Waals surface area (Å²) in [4.78, 5) is 16.4. The quantitative estimate of drug-likeness (QED) is 0.497. The van der Waals surface area contributed by atoms with Crippen molar-refractivity contribution in [1.82, 2.24) is 4.98 Å². The van der Waals surface area contributed by atoms with Crippen molar-refractivity contribution >= 4 is 17.3 Å². The second-order valence-corrected chi connectivity index (χ2v) is 7.21. The highest BCUT2D eigenvalue weighted by Gasteiger charge is 2.18. The van der Waals surface area contributed by atoms with Gasteiger partial charge in [0.25, 0.3) is 0 Å². The molecule has 0 unspecified atom stereocenters. The van der Waals surface area contributed by atoms with Crippen molar-refractivity contribution in [1.29, 1.82) is 5.26 Å². The molecule has 0 fully saturated rings. The molecule has 30 heavy (non-hydrogen) atoms. The lowest BCUT2D eigenvalue weighted by Gasteiger charge is -2.14. The summed E-state index contributed by atoms with van der Waals surface area (Å²) in [6, 6.07) is 13.4. The van der Waals surface area contributed by atoms with Gasteiger partial charge in [-0.3, -0.25) is 0 Å². The van der Waals surface area contributed by atoms with Gasteiger partial charge in [-0.15, -0.1) is 11.3 Å².